The number of benzene rings is 2. The van der Waals surface area contributed by atoms with E-state index in [1.807, 2.05) is 41.8 Å². The third-order valence-electron chi connectivity index (χ3n) is 5.80. The van der Waals surface area contributed by atoms with E-state index in [1.54, 1.807) is 35.2 Å². The van der Waals surface area contributed by atoms with E-state index in [0.717, 1.165) is 33.3 Å². The van der Waals surface area contributed by atoms with Crippen LogP contribution in [0.2, 0.25) is 0 Å². The molecule has 0 saturated carbocycles. The van der Waals surface area contributed by atoms with Crippen LogP contribution >= 0.6 is 23.1 Å². The number of nitrogens with one attached hydrogen (secondary N) is 1. The molecular weight excluding hydrogens is 450 g/mol. The number of hydrogen-bond donors (Lipinski definition) is 1. The summed E-state index contributed by atoms with van der Waals surface area (Å²) in [6.07, 6.45) is 4.27. The maximum absolute atomic E-state index is 13.4. The third-order valence-corrected chi connectivity index (χ3v) is 7.73. The number of aromatic nitrogens is 1. The molecule has 0 saturated heterocycles. The number of hydrogen-bond acceptors (Lipinski definition) is 5. The first-order valence-electron chi connectivity index (χ1n) is 10.9. The van der Waals surface area contributed by atoms with Crippen molar-refractivity contribution in [1.29, 1.82) is 0 Å². The summed E-state index contributed by atoms with van der Waals surface area (Å²) in [4.78, 5) is 15.7. The van der Waals surface area contributed by atoms with Gasteiger partial charge in [0.2, 0.25) is 0 Å². The number of rotatable bonds is 7. The molecule has 33 heavy (non-hydrogen) atoms. The molecule has 0 radical (unpaired) electrons. The number of carbonyl (C=O) groups excluding carboxylic acids is 1. The lowest BCUT2D eigenvalue weighted by Crippen LogP contribution is -2.40. The van der Waals surface area contributed by atoms with E-state index in [9.17, 15) is 4.79 Å². The van der Waals surface area contributed by atoms with Gasteiger partial charge in [0.15, 0.2) is 0 Å². The van der Waals surface area contributed by atoms with Crippen LogP contribution in [0.25, 0.3) is 16.6 Å². The van der Waals surface area contributed by atoms with Crippen molar-refractivity contribution in [3.05, 3.63) is 88.8 Å². The molecule has 2 aromatic heterocycles. The summed E-state index contributed by atoms with van der Waals surface area (Å²) in [5.41, 5.74) is 6.57. The molecule has 1 aliphatic heterocycles. The number of hydrazine groups is 1. The first kappa shape index (κ1) is 21.7. The summed E-state index contributed by atoms with van der Waals surface area (Å²) in [6, 6.07) is 20.2. The van der Waals surface area contributed by atoms with Gasteiger partial charge in [-0.05, 0) is 48.2 Å². The maximum atomic E-state index is 13.4. The van der Waals surface area contributed by atoms with Gasteiger partial charge >= 0.3 is 0 Å². The Kier molecular flexibility index (Phi) is 6.15. The van der Waals surface area contributed by atoms with Crippen LogP contribution in [0.1, 0.15) is 23.4 Å². The van der Waals surface area contributed by atoms with Crippen molar-refractivity contribution >= 4 is 45.6 Å². The number of thioether (sulfide) groups is 1. The van der Waals surface area contributed by atoms with Crippen molar-refractivity contribution in [2.75, 3.05) is 12.9 Å². The topological polar surface area (TPSA) is 46.5 Å². The molecule has 1 aliphatic rings. The second kappa shape index (κ2) is 9.37. The Morgan fingerprint density at radius 1 is 1.12 bits per heavy atom. The highest BCUT2D eigenvalue weighted by molar-refractivity contribution is 8.00. The summed E-state index contributed by atoms with van der Waals surface area (Å²) in [5, 5.41) is 4.99. The van der Waals surface area contributed by atoms with E-state index < -0.39 is 0 Å². The lowest BCUT2D eigenvalue weighted by atomic mass is 10.1. The molecule has 7 heteroatoms. The molecule has 4 aromatic rings. The molecule has 5 nitrogen and oxygen atoms in total. The minimum Gasteiger partial charge on any atom is -0.497 e. The van der Waals surface area contributed by atoms with Crippen LogP contribution < -0.4 is 10.2 Å². The number of amides is 1. The van der Waals surface area contributed by atoms with Gasteiger partial charge in [-0.2, -0.15) is 0 Å². The fraction of sp³-hybridized carbons (Fsp3) is 0.192. The third kappa shape index (κ3) is 4.26. The first-order chi connectivity index (χ1) is 16.2. The predicted octanol–water partition coefficient (Wildman–Crippen LogP) is 5.95. The number of ether oxygens (including phenoxy) is 1. The standard InChI is InChI=1S/C26H25N3O2S2/c1-3-28-16-25(20-7-4-5-8-22(20)28)33-17-26(30)29-23(18-10-12-19(31-2)13-11-18)15-21(27-29)24-9-6-14-32-24/h4-16,23,27H,3,17H2,1-2H3. The number of carbonyl (C=O) groups is 1. The molecular formula is C26H25N3O2S2. The van der Waals surface area contributed by atoms with Gasteiger partial charge in [-0.1, -0.05) is 36.4 Å². The number of methoxy groups -OCH3 is 1. The maximum Gasteiger partial charge on any atom is 0.252 e. The van der Waals surface area contributed by atoms with Crippen LogP contribution in [0.15, 0.2) is 83.2 Å². The van der Waals surface area contributed by atoms with Crippen LogP contribution in [0.5, 0.6) is 5.75 Å². The second-order valence-corrected chi connectivity index (χ2v) is 9.70. The molecule has 1 amide bonds. The number of fused-ring (bicyclic) bond motifs is 1. The van der Waals surface area contributed by atoms with E-state index >= 15 is 0 Å². The average Bonchev–Trinajstić information content (AvgIpc) is 3.61. The van der Waals surface area contributed by atoms with Crippen molar-refractivity contribution in [2.24, 2.45) is 0 Å². The van der Waals surface area contributed by atoms with Gasteiger partial charge in [0.1, 0.15) is 5.75 Å². The quantitative estimate of drug-likeness (QED) is 0.336. The second-order valence-electron chi connectivity index (χ2n) is 7.74. The minimum atomic E-state index is -0.182. The largest absolute Gasteiger partial charge is 0.497 e. The Balaban J connectivity index is 1.39. The zero-order chi connectivity index (χ0) is 22.8. The Morgan fingerprint density at radius 2 is 1.94 bits per heavy atom. The van der Waals surface area contributed by atoms with E-state index in [4.69, 9.17) is 4.74 Å². The Hall–Kier alpha value is -3.16. The molecule has 1 unspecified atom stereocenters. The van der Waals surface area contributed by atoms with Gasteiger partial charge in [-0.15, -0.1) is 23.1 Å². The molecule has 2 aromatic carbocycles. The van der Waals surface area contributed by atoms with Crippen LogP contribution in [-0.4, -0.2) is 28.3 Å². The van der Waals surface area contributed by atoms with E-state index in [0.29, 0.717) is 5.75 Å². The Bertz CT molecular complexity index is 1290. The summed E-state index contributed by atoms with van der Waals surface area (Å²) in [7, 11) is 1.66. The molecule has 1 N–H and O–H groups in total. The number of aryl methyl sites for hydroxylation is 1. The zero-order valence-corrected chi connectivity index (χ0v) is 20.2. The highest BCUT2D eigenvalue weighted by Crippen LogP contribution is 2.35. The van der Waals surface area contributed by atoms with Crippen molar-refractivity contribution in [3.8, 4) is 5.75 Å². The van der Waals surface area contributed by atoms with Crippen LogP contribution in [0, 0.1) is 0 Å². The number of para-hydroxylation sites is 1. The summed E-state index contributed by atoms with van der Waals surface area (Å²) < 4.78 is 7.53. The van der Waals surface area contributed by atoms with Crippen LogP contribution in [0.3, 0.4) is 0 Å². The lowest BCUT2D eigenvalue weighted by Gasteiger charge is -2.25. The molecule has 5 rings (SSSR count). The van der Waals surface area contributed by atoms with E-state index in [-0.39, 0.29) is 11.9 Å². The van der Waals surface area contributed by atoms with Gasteiger partial charge in [0.25, 0.3) is 5.91 Å². The highest BCUT2D eigenvalue weighted by atomic mass is 32.2. The monoisotopic (exact) mass is 475 g/mol. The first-order valence-corrected chi connectivity index (χ1v) is 12.7. The lowest BCUT2D eigenvalue weighted by molar-refractivity contribution is -0.131. The van der Waals surface area contributed by atoms with Gasteiger partial charge in [0.05, 0.1) is 29.5 Å². The summed E-state index contributed by atoms with van der Waals surface area (Å²) >= 11 is 3.25. The number of nitrogens with zero attached hydrogens (tertiary/aromatic N) is 2. The molecule has 3 heterocycles. The highest BCUT2D eigenvalue weighted by Gasteiger charge is 2.31. The average molecular weight is 476 g/mol. The van der Waals surface area contributed by atoms with E-state index in [1.165, 1.54) is 10.9 Å². The fourth-order valence-electron chi connectivity index (χ4n) is 4.10. The van der Waals surface area contributed by atoms with Crippen molar-refractivity contribution in [3.63, 3.8) is 0 Å². The molecule has 0 spiro atoms. The SMILES string of the molecule is CCn1cc(SCC(=O)N2NC(c3cccs3)=CC2c2ccc(OC)cc2)c2ccccc21. The Morgan fingerprint density at radius 3 is 2.67 bits per heavy atom. The summed E-state index contributed by atoms with van der Waals surface area (Å²) in [5.74, 6) is 1.19. The fourth-order valence-corrected chi connectivity index (χ4v) is 5.75. The number of thiophene rings is 1. The Labute approximate surface area is 201 Å². The van der Waals surface area contributed by atoms with Crippen molar-refractivity contribution < 1.29 is 9.53 Å². The van der Waals surface area contributed by atoms with Gasteiger partial charge in [0, 0.05) is 28.5 Å². The zero-order valence-electron chi connectivity index (χ0n) is 18.5. The molecule has 0 aliphatic carbocycles. The van der Waals surface area contributed by atoms with Gasteiger partial charge < -0.3 is 9.30 Å². The van der Waals surface area contributed by atoms with Crippen molar-refractivity contribution in [2.45, 2.75) is 24.4 Å². The molecule has 1 atom stereocenters. The smallest absolute Gasteiger partial charge is 0.252 e. The van der Waals surface area contributed by atoms with Gasteiger partial charge in [-0.3, -0.25) is 10.2 Å². The van der Waals surface area contributed by atoms with Crippen LogP contribution in [0.4, 0.5) is 0 Å². The molecule has 168 valence electrons. The molecule has 0 fully saturated rings. The van der Waals surface area contributed by atoms with Crippen molar-refractivity contribution in [1.82, 2.24) is 15.0 Å². The predicted molar refractivity (Wildman–Crippen MR) is 136 cm³/mol. The minimum absolute atomic E-state index is 0.0388. The summed E-state index contributed by atoms with van der Waals surface area (Å²) in [6.45, 7) is 3.04. The normalized spacial score (nSPS) is 15.5. The van der Waals surface area contributed by atoms with Crippen LogP contribution in [-0.2, 0) is 11.3 Å². The molecule has 0 bridgehead atoms. The van der Waals surface area contributed by atoms with Gasteiger partial charge in [-0.25, -0.2) is 5.01 Å². The van der Waals surface area contributed by atoms with E-state index in [2.05, 4.69) is 53.5 Å².